The van der Waals surface area contributed by atoms with Gasteiger partial charge < -0.3 is 5.73 Å². The minimum absolute atomic E-state index is 0.413. The average molecular weight is 250 g/mol. The van der Waals surface area contributed by atoms with Crippen molar-refractivity contribution >= 4 is 17.5 Å². The first-order chi connectivity index (χ1) is 8.08. The fourth-order valence-corrected chi connectivity index (χ4v) is 1.79. The topological polar surface area (TPSA) is 60.9 Å². The Hall–Kier alpha value is -1.81. The third-order valence-corrected chi connectivity index (χ3v) is 2.94. The van der Waals surface area contributed by atoms with E-state index in [1.165, 1.54) is 0 Å². The monoisotopic (exact) mass is 249 g/mol. The van der Waals surface area contributed by atoms with Crippen LogP contribution in [0.1, 0.15) is 21.6 Å². The molecule has 0 unspecified atom stereocenters. The second kappa shape index (κ2) is 4.59. The molecule has 2 aromatic rings. The summed E-state index contributed by atoms with van der Waals surface area (Å²) in [6, 6.07) is 6.97. The number of rotatable bonds is 3. The standard InChI is InChI=1S/C12H12ClN3O/c1-8-4-5-15-16(8)7-10-3-2-9(12(14)17)6-11(10)13/h2-6H,7H2,1H3,(H2,14,17). The zero-order valence-electron chi connectivity index (χ0n) is 9.35. The van der Waals surface area contributed by atoms with E-state index in [9.17, 15) is 4.79 Å². The van der Waals surface area contributed by atoms with Crippen LogP contribution in [0.4, 0.5) is 0 Å². The van der Waals surface area contributed by atoms with Crippen molar-refractivity contribution in [2.45, 2.75) is 13.5 Å². The van der Waals surface area contributed by atoms with E-state index < -0.39 is 5.91 Å². The minimum Gasteiger partial charge on any atom is -0.366 e. The summed E-state index contributed by atoms with van der Waals surface area (Å²) in [5, 5.41) is 4.70. The van der Waals surface area contributed by atoms with Crippen LogP contribution in [0.3, 0.4) is 0 Å². The van der Waals surface area contributed by atoms with Crippen LogP contribution in [0.2, 0.25) is 5.02 Å². The molecule has 0 aliphatic rings. The number of nitrogens with zero attached hydrogens (tertiary/aromatic N) is 2. The van der Waals surface area contributed by atoms with E-state index in [2.05, 4.69) is 5.10 Å². The van der Waals surface area contributed by atoms with E-state index in [-0.39, 0.29) is 0 Å². The summed E-state index contributed by atoms with van der Waals surface area (Å²) in [6.07, 6.45) is 1.74. The van der Waals surface area contributed by atoms with Crippen molar-refractivity contribution < 1.29 is 4.79 Å². The Balaban J connectivity index is 2.29. The van der Waals surface area contributed by atoms with Crippen molar-refractivity contribution in [1.29, 1.82) is 0 Å². The molecule has 0 radical (unpaired) electrons. The van der Waals surface area contributed by atoms with Gasteiger partial charge in [0.1, 0.15) is 0 Å². The van der Waals surface area contributed by atoms with Gasteiger partial charge in [-0.05, 0) is 30.7 Å². The third-order valence-electron chi connectivity index (χ3n) is 2.59. The summed E-state index contributed by atoms with van der Waals surface area (Å²) in [4.78, 5) is 11.0. The molecule has 1 heterocycles. The molecule has 0 atom stereocenters. The Labute approximate surface area is 104 Å². The van der Waals surface area contributed by atoms with Crippen molar-refractivity contribution in [2.75, 3.05) is 0 Å². The van der Waals surface area contributed by atoms with Crippen LogP contribution in [-0.2, 0) is 6.54 Å². The molecular weight excluding hydrogens is 238 g/mol. The summed E-state index contributed by atoms with van der Waals surface area (Å²) >= 11 is 6.09. The minimum atomic E-state index is -0.478. The van der Waals surface area contributed by atoms with Gasteiger partial charge >= 0.3 is 0 Å². The summed E-state index contributed by atoms with van der Waals surface area (Å²) in [6.45, 7) is 2.55. The highest BCUT2D eigenvalue weighted by atomic mass is 35.5. The Bertz CT molecular complexity index is 563. The number of primary amides is 1. The fourth-order valence-electron chi connectivity index (χ4n) is 1.55. The molecule has 0 aliphatic heterocycles. The molecule has 17 heavy (non-hydrogen) atoms. The highest BCUT2D eigenvalue weighted by Crippen LogP contribution is 2.19. The van der Waals surface area contributed by atoms with Crippen LogP contribution < -0.4 is 5.73 Å². The van der Waals surface area contributed by atoms with Crippen molar-refractivity contribution in [3.8, 4) is 0 Å². The number of halogens is 1. The smallest absolute Gasteiger partial charge is 0.248 e. The van der Waals surface area contributed by atoms with Gasteiger partial charge in [0.2, 0.25) is 5.91 Å². The Morgan fingerprint density at radius 3 is 2.76 bits per heavy atom. The maximum absolute atomic E-state index is 11.0. The van der Waals surface area contributed by atoms with E-state index in [0.29, 0.717) is 17.1 Å². The van der Waals surface area contributed by atoms with Crippen molar-refractivity contribution in [2.24, 2.45) is 5.73 Å². The predicted octanol–water partition coefficient (Wildman–Crippen LogP) is 1.99. The SMILES string of the molecule is Cc1ccnn1Cc1ccc(C(N)=O)cc1Cl. The van der Waals surface area contributed by atoms with Gasteiger partial charge in [0.15, 0.2) is 0 Å². The van der Waals surface area contributed by atoms with Crippen molar-refractivity contribution in [3.05, 3.63) is 52.3 Å². The summed E-state index contributed by atoms with van der Waals surface area (Å²) in [5.41, 5.74) is 7.55. The molecule has 1 amide bonds. The molecule has 0 fully saturated rings. The molecule has 0 spiro atoms. The lowest BCUT2D eigenvalue weighted by Gasteiger charge is -2.07. The molecule has 0 bridgehead atoms. The van der Waals surface area contributed by atoms with Crippen molar-refractivity contribution in [3.63, 3.8) is 0 Å². The van der Waals surface area contributed by atoms with Gasteiger partial charge in [0.25, 0.3) is 0 Å². The number of benzene rings is 1. The fraction of sp³-hybridized carbons (Fsp3) is 0.167. The lowest BCUT2D eigenvalue weighted by atomic mass is 10.1. The Morgan fingerprint density at radius 1 is 1.47 bits per heavy atom. The highest BCUT2D eigenvalue weighted by molar-refractivity contribution is 6.31. The van der Waals surface area contributed by atoms with Gasteiger partial charge in [-0.25, -0.2) is 0 Å². The third kappa shape index (κ3) is 2.47. The molecule has 1 aromatic heterocycles. The molecule has 2 N–H and O–H groups in total. The van der Waals surface area contributed by atoms with Crippen LogP contribution in [0.25, 0.3) is 0 Å². The number of hydrogen-bond donors (Lipinski definition) is 1. The highest BCUT2D eigenvalue weighted by Gasteiger charge is 2.07. The number of carbonyl (C=O) groups is 1. The van der Waals surface area contributed by atoms with Crippen LogP contribution in [0.5, 0.6) is 0 Å². The van der Waals surface area contributed by atoms with Gasteiger partial charge in [-0.15, -0.1) is 0 Å². The lowest BCUT2D eigenvalue weighted by molar-refractivity contribution is 0.100. The zero-order chi connectivity index (χ0) is 12.4. The zero-order valence-corrected chi connectivity index (χ0v) is 10.1. The molecular formula is C12H12ClN3O. The quantitative estimate of drug-likeness (QED) is 0.904. The summed E-state index contributed by atoms with van der Waals surface area (Å²) < 4.78 is 1.84. The number of aryl methyl sites for hydroxylation is 1. The molecule has 5 heteroatoms. The number of hydrogen-bond acceptors (Lipinski definition) is 2. The van der Waals surface area contributed by atoms with Crippen molar-refractivity contribution in [1.82, 2.24) is 9.78 Å². The second-order valence-corrected chi connectivity index (χ2v) is 4.21. The molecule has 2 rings (SSSR count). The van der Waals surface area contributed by atoms with Gasteiger partial charge in [0, 0.05) is 22.5 Å². The van der Waals surface area contributed by atoms with Gasteiger partial charge in [0.05, 0.1) is 6.54 Å². The molecule has 1 aromatic carbocycles. The normalized spacial score (nSPS) is 10.5. The Kier molecular flexibility index (Phi) is 3.15. The van der Waals surface area contributed by atoms with Crippen LogP contribution in [0.15, 0.2) is 30.5 Å². The van der Waals surface area contributed by atoms with E-state index in [1.807, 2.05) is 17.7 Å². The maximum Gasteiger partial charge on any atom is 0.248 e. The first kappa shape index (κ1) is 11.7. The Morgan fingerprint density at radius 2 is 2.24 bits per heavy atom. The molecule has 0 saturated carbocycles. The first-order valence-corrected chi connectivity index (χ1v) is 5.52. The van der Waals surface area contributed by atoms with Gasteiger partial charge in [-0.2, -0.15) is 5.10 Å². The van der Waals surface area contributed by atoms with Crippen LogP contribution in [0, 0.1) is 6.92 Å². The number of nitrogens with two attached hydrogens (primary N) is 1. The number of carbonyl (C=O) groups excluding carboxylic acids is 1. The van der Waals surface area contributed by atoms with Gasteiger partial charge in [-0.1, -0.05) is 17.7 Å². The second-order valence-electron chi connectivity index (χ2n) is 3.80. The lowest BCUT2D eigenvalue weighted by Crippen LogP contribution is -2.11. The van der Waals surface area contributed by atoms with Gasteiger partial charge in [-0.3, -0.25) is 9.48 Å². The first-order valence-electron chi connectivity index (χ1n) is 5.14. The number of amides is 1. The van der Waals surface area contributed by atoms with E-state index in [4.69, 9.17) is 17.3 Å². The van der Waals surface area contributed by atoms with E-state index in [1.54, 1.807) is 24.4 Å². The average Bonchev–Trinajstić information content (AvgIpc) is 2.67. The molecule has 88 valence electrons. The molecule has 0 saturated heterocycles. The predicted molar refractivity (Wildman–Crippen MR) is 66.0 cm³/mol. The summed E-state index contributed by atoms with van der Waals surface area (Å²) in [5.74, 6) is -0.478. The number of aromatic nitrogens is 2. The van der Waals surface area contributed by atoms with E-state index >= 15 is 0 Å². The summed E-state index contributed by atoms with van der Waals surface area (Å²) in [7, 11) is 0. The van der Waals surface area contributed by atoms with Crippen LogP contribution in [-0.4, -0.2) is 15.7 Å². The van der Waals surface area contributed by atoms with E-state index in [0.717, 1.165) is 11.3 Å². The van der Waals surface area contributed by atoms with Crippen LogP contribution >= 0.6 is 11.6 Å². The maximum atomic E-state index is 11.0. The largest absolute Gasteiger partial charge is 0.366 e. The molecule has 0 aliphatic carbocycles. The molecule has 4 nitrogen and oxygen atoms in total.